The Bertz CT molecular complexity index is 742. The monoisotopic (exact) mass is 377 g/mol. The molecule has 0 amide bonds. The molecular formula is C20H25Cl2N3. The summed E-state index contributed by atoms with van der Waals surface area (Å²) in [5, 5.41) is 4.52. The van der Waals surface area contributed by atoms with E-state index in [1.807, 2.05) is 18.3 Å². The lowest BCUT2D eigenvalue weighted by Crippen LogP contribution is -2.36. The van der Waals surface area contributed by atoms with E-state index < -0.39 is 0 Å². The lowest BCUT2D eigenvalue weighted by molar-refractivity contribution is 0.152. The van der Waals surface area contributed by atoms with Gasteiger partial charge in [-0.15, -0.1) is 0 Å². The number of halogens is 2. The molecule has 0 bridgehead atoms. The summed E-state index contributed by atoms with van der Waals surface area (Å²) in [5.41, 5.74) is 3.44. The molecule has 2 aromatic rings. The first-order chi connectivity index (χ1) is 11.9. The Kier molecular flexibility index (Phi) is 5.88. The lowest BCUT2D eigenvalue weighted by Gasteiger charge is -2.35. The molecule has 1 N–H and O–H groups in total. The fraction of sp³-hybridized carbons (Fsp3) is 0.450. The van der Waals surface area contributed by atoms with E-state index in [-0.39, 0.29) is 0 Å². The molecule has 3 rings (SSSR count). The van der Waals surface area contributed by atoms with Crippen LogP contribution >= 0.6 is 23.2 Å². The SMILES string of the molecule is CC(C)c1cc(Nc2ccc(Cl)cc2Cl)ncc1CN(C)C1CCC1. The summed E-state index contributed by atoms with van der Waals surface area (Å²) in [5.74, 6) is 1.25. The number of nitrogens with one attached hydrogen (secondary N) is 1. The number of rotatable bonds is 6. The summed E-state index contributed by atoms with van der Waals surface area (Å²) in [6.45, 7) is 5.40. The van der Waals surface area contributed by atoms with Crippen molar-refractivity contribution in [3.8, 4) is 0 Å². The van der Waals surface area contributed by atoms with Crippen molar-refractivity contribution < 1.29 is 0 Å². The minimum absolute atomic E-state index is 0.439. The van der Waals surface area contributed by atoms with E-state index in [1.165, 1.54) is 30.4 Å². The molecule has 3 nitrogen and oxygen atoms in total. The van der Waals surface area contributed by atoms with Crippen molar-refractivity contribution in [2.45, 2.75) is 51.6 Å². The summed E-state index contributed by atoms with van der Waals surface area (Å²) in [6, 6.07) is 8.29. The molecule has 0 aliphatic heterocycles. The van der Waals surface area contributed by atoms with Crippen LogP contribution in [-0.4, -0.2) is 23.0 Å². The number of benzene rings is 1. The minimum atomic E-state index is 0.439. The Morgan fingerprint density at radius 2 is 2.00 bits per heavy atom. The Balaban J connectivity index is 1.80. The molecule has 1 heterocycles. The zero-order valence-corrected chi connectivity index (χ0v) is 16.5. The standard InChI is InChI=1S/C20H25Cl2N3/c1-13(2)17-10-20(24-19-8-7-15(21)9-18(19)22)23-11-14(17)12-25(3)16-5-4-6-16/h7-11,13,16H,4-6,12H2,1-3H3,(H,23,24). The number of hydrogen-bond acceptors (Lipinski definition) is 3. The summed E-state index contributed by atoms with van der Waals surface area (Å²) in [4.78, 5) is 7.06. The molecule has 5 heteroatoms. The normalized spacial score (nSPS) is 14.8. The number of aromatic nitrogens is 1. The first-order valence-electron chi connectivity index (χ1n) is 8.85. The smallest absolute Gasteiger partial charge is 0.130 e. The molecule has 1 fully saturated rings. The van der Waals surface area contributed by atoms with Crippen molar-refractivity contribution in [2.75, 3.05) is 12.4 Å². The second-order valence-electron chi connectivity index (χ2n) is 7.17. The number of hydrogen-bond donors (Lipinski definition) is 1. The van der Waals surface area contributed by atoms with Gasteiger partial charge in [0.15, 0.2) is 0 Å². The molecule has 1 saturated carbocycles. The van der Waals surface area contributed by atoms with Gasteiger partial charge in [-0.05, 0) is 61.2 Å². The van der Waals surface area contributed by atoms with Crippen LogP contribution in [0.2, 0.25) is 10.0 Å². The van der Waals surface area contributed by atoms with Crippen LogP contribution in [0.4, 0.5) is 11.5 Å². The number of anilines is 2. The molecule has 1 aromatic carbocycles. The third-order valence-corrected chi connectivity index (χ3v) is 5.50. The van der Waals surface area contributed by atoms with Crippen molar-refractivity contribution in [1.82, 2.24) is 9.88 Å². The molecule has 1 aromatic heterocycles. The molecule has 0 saturated heterocycles. The van der Waals surface area contributed by atoms with E-state index in [4.69, 9.17) is 23.2 Å². The Labute approximate surface area is 160 Å². The largest absolute Gasteiger partial charge is 0.339 e. The molecule has 0 spiro atoms. The van der Waals surface area contributed by atoms with Gasteiger partial charge in [0.05, 0.1) is 10.7 Å². The topological polar surface area (TPSA) is 28.2 Å². The van der Waals surface area contributed by atoms with E-state index in [0.717, 1.165) is 24.1 Å². The molecule has 134 valence electrons. The second-order valence-corrected chi connectivity index (χ2v) is 8.02. The van der Waals surface area contributed by atoms with Crippen LogP contribution in [0.25, 0.3) is 0 Å². The van der Waals surface area contributed by atoms with E-state index in [1.54, 1.807) is 6.07 Å². The molecule has 0 atom stereocenters. The molecule has 0 unspecified atom stereocenters. The summed E-state index contributed by atoms with van der Waals surface area (Å²) in [7, 11) is 2.22. The molecular weight excluding hydrogens is 353 g/mol. The average Bonchev–Trinajstić information content (AvgIpc) is 2.49. The highest BCUT2D eigenvalue weighted by molar-refractivity contribution is 6.36. The van der Waals surface area contributed by atoms with Gasteiger partial charge in [-0.1, -0.05) is 43.5 Å². The average molecular weight is 378 g/mol. The van der Waals surface area contributed by atoms with Crippen LogP contribution in [0, 0.1) is 0 Å². The van der Waals surface area contributed by atoms with Crippen molar-refractivity contribution in [3.63, 3.8) is 0 Å². The maximum Gasteiger partial charge on any atom is 0.130 e. The van der Waals surface area contributed by atoms with Gasteiger partial charge in [-0.3, -0.25) is 4.90 Å². The predicted molar refractivity (Wildman–Crippen MR) is 107 cm³/mol. The van der Waals surface area contributed by atoms with Gasteiger partial charge in [-0.25, -0.2) is 4.98 Å². The highest BCUT2D eigenvalue weighted by Gasteiger charge is 2.23. The van der Waals surface area contributed by atoms with Gasteiger partial charge in [0.25, 0.3) is 0 Å². The van der Waals surface area contributed by atoms with Crippen LogP contribution in [-0.2, 0) is 6.54 Å². The van der Waals surface area contributed by atoms with Crippen molar-refractivity contribution >= 4 is 34.7 Å². The Hall–Kier alpha value is -1.29. The van der Waals surface area contributed by atoms with Crippen LogP contribution in [0.1, 0.15) is 50.2 Å². The second kappa shape index (κ2) is 7.94. The third kappa shape index (κ3) is 4.46. The van der Waals surface area contributed by atoms with Gasteiger partial charge in [-0.2, -0.15) is 0 Å². The fourth-order valence-corrected chi connectivity index (χ4v) is 3.65. The van der Waals surface area contributed by atoms with Crippen molar-refractivity contribution in [2.24, 2.45) is 0 Å². The van der Waals surface area contributed by atoms with Crippen molar-refractivity contribution in [3.05, 3.63) is 51.6 Å². The first-order valence-corrected chi connectivity index (χ1v) is 9.60. The first kappa shape index (κ1) is 18.5. The van der Waals surface area contributed by atoms with Crippen LogP contribution in [0.15, 0.2) is 30.5 Å². The van der Waals surface area contributed by atoms with Gasteiger partial charge in [0.1, 0.15) is 5.82 Å². The van der Waals surface area contributed by atoms with Gasteiger partial charge < -0.3 is 5.32 Å². The Morgan fingerprint density at radius 3 is 2.60 bits per heavy atom. The minimum Gasteiger partial charge on any atom is -0.339 e. The van der Waals surface area contributed by atoms with Crippen LogP contribution < -0.4 is 5.32 Å². The van der Waals surface area contributed by atoms with E-state index in [9.17, 15) is 0 Å². The van der Waals surface area contributed by atoms with Crippen LogP contribution in [0.3, 0.4) is 0 Å². The maximum atomic E-state index is 6.26. The number of nitrogens with zero attached hydrogens (tertiary/aromatic N) is 2. The number of pyridine rings is 1. The van der Waals surface area contributed by atoms with Gasteiger partial charge in [0, 0.05) is 23.8 Å². The maximum absolute atomic E-state index is 6.26. The summed E-state index contributed by atoms with van der Waals surface area (Å²) >= 11 is 12.2. The van der Waals surface area contributed by atoms with Gasteiger partial charge in [0.2, 0.25) is 0 Å². The van der Waals surface area contributed by atoms with E-state index in [2.05, 4.69) is 42.2 Å². The zero-order valence-electron chi connectivity index (χ0n) is 15.0. The van der Waals surface area contributed by atoms with Crippen LogP contribution in [0.5, 0.6) is 0 Å². The molecule has 1 aliphatic rings. The van der Waals surface area contributed by atoms with E-state index in [0.29, 0.717) is 16.0 Å². The quantitative estimate of drug-likeness (QED) is 0.645. The molecule has 25 heavy (non-hydrogen) atoms. The fourth-order valence-electron chi connectivity index (χ4n) is 3.19. The summed E-state index contributed by atoms with van der Waals surface area (Å²) < 4.78 is 0. The van der Waals surface area contributed by atoms with E-state index >= 15 is 0 Å². The Morgan fingerprint density at radius 1 is 1.24 bits per heavy atom. The summed E-state index contributed by atoms with van der Waals surface area (Å²) in [6.07, 6.45) is 5.98. The molecule has 1 aliphatic carbocycles. The lowest BCUT2D eigenvalue weighted by atomic mass is 9.91. The zero-order chi connectivity index (χ0) is 18.0. The highest BCUT2D eigenvalue weighted by atomic mass is 35.5. The third-order valence-electron chi connectivity index (χ3n) is 4.96. The van der Waals surface area contributed by atoms with Crippen molar-refractivity contribution in [1.29, 1.82) is 0 Å². The molecule has 0 radical (unpaired) electrons. The predicted octanol–water partition coefficient (Wildman–Crippen LogP) is 6.24. The highest BCUT2D eigenvalue weighted by Crippen LogP contribution is 2.31. The van der Waals surface area contributed by atoms with Gasteiger partial charge >= 0.3 is 0 Å².